The van der Waals surface area contributed by atoms with Crippen LogP contribution in [0.2, 0.25) is 0 Å². The molecule has 0 spiro atoms. The van der Waals surface area contributed by atoms with Crippen LogP contribution in [0.5, 0.6) is 0 Å². The Balaban J connectivity index is 2.05. The summed E-state index contributed by atoms with van der Waals surface area (Å²) in [6.45, 7) is 4.05. The fourth-order valence-electron chi connectivity index (χ4n) is 2.01. The fraction of sp³-hybridized carbons (Fsp3) is 0.364. The molecule has 1 aromatic carbocycles. The predicted molar refractivity (Wildman–Crippen MR) is 62.3 cm³/mol. The first-order valence-electron chi connectivity index (χ1n) is 4.95. The maximum absolute atomic E-state index is 5.47. The lowest BCUT2D eigenvalue weighted by atomic mass is 10.1. The van der Waals surface area contributed by atoms with E-state index in [1.54, 1.807) is 0 Å². The highest BCUT2D eigenvalue weighted by Crippen LogP contribution is 2.45. The first-order chi connectivity index (χ1) is 7.19. The monoisotopic (exact) mass is 220 g/mol. The molecule has 0 saturated heterocycles. The van der Waals surface area contributed by atoms with Crippen molar-refractivity contribution in [2.45, 2.75) is 29.7 Å². The molecule has 0 aromatic heterocycles. The van der Waals surface area contributed by atoms with E-state index in [1.807, 2.05) is 31.7 Å². The van der Waals surface area contributed by atoms with Gasteiger partial charge in [-0.1, -0.05) is 17.3 Å². The summed E-state index contributed by atoms with van der Waals surface area (Å²) in [7, 11) is 0. The molecule has 3 nitrogen and oxygen atoms in total. The van der Waals surface area contributed by atoms with E-state index in [0.29, 0.717) is 0 Å². The Hall–Kier alpha value is -1.16. The van der Waals surface area contributed by atoms with E-state index in [0.717, 1.165) is 11.4 Å². The smallest absolute Gasteiger partial charge is 0.222 e. The van der Waals surface area contributed by atoms with E-state index in [1.165, 1.54) is 4.90 Å². The van der Waals surface area contributed by atoms with Gasteiger partial charge < -0.3 is 10.2 Å². The molecule has 2 aliphatic rings. The van der Waals surface area contributed by atoms with Gasteiger partial charge in [0.2, 0.25) is 5.72 Å². The highest BCUT2D eigenvalue weighted by atomic mass is 32.2. The number of hydrogen-bond donors (Lipinski definition) is 1. The number of thioether (sulfide) groups is 1. The Labute approximate surface area is 92.9 Å². The van der Waals surface area contributed by atoms with Crippen LogP contribution in [0.3, 0.4) is 0 Å². The van der Waals surface area contributed by atoms with Crippen molar-refractivity contribution >= 4 is 23.2 Å². The third-order valence-electron chi connectivity index (χ3n) is 2.77. The maximum Gasteiger partial charge on any atom is 0.222 e. The Kier molecular flexibility index (Phi) is 1.77. The van der Waals surface area contributed by atoms with E-state index in [-0.39, 0.29) is 11.0 Å². The first-order valence-corrected chi connectivity index (χ1v) is 5.83. The molecule has 0 amide bonds. The predicted octanol–water partition coefficient (Wildman–Crippen LogP) is 2.70. The third-order valence-corrected chi connectivity index (χ3v) is 4.41. The summed E-state index contributed by atoms with van der Waals surface area (Å²) in [5.74, 6) is 0. The van der Waals surface area contributed by atoms with Gasteiger partial charge in [0.25, 0.3) is 0 Å². The number of fused-ring (bicyclic) bond motifs is 2. The van der Waals surface area contributed by atoms with Crippen LogP contribution >= 0.6 is 11.8 Å². The number of nitrogens with zero attached hydrogens (tertiary/aromatic N) is 1. The molecule has 0 unspecified atom stereocenters. The molecule has 78 valence electrons. The zero-order valence-corrected chi connectivity index (χ0v) is 9.47. The van der Waals surface area contributed by atoms with Gasteiger partial charge in [-0.15, -0.1) is 11.8 Å². The number of para-hydroxylation sites is 1. The van der Waals surface area contributed by atoms with Crippen molar-refractivity contribution in [2.24, 2.45) is 5.16 Å². The molecule has 2 heterocycles. The third kappa shape index (κ3) is 1.24. The van der Waals surface area contributed by atoms with Crippen molar-refractivity contribution in [3.63, 3.8) is 0 Å². The number of nitrogens with one attached hydrogen (secondary N) is 1. The number of benzene rings is 1. The molecular weight excluding hydrogens is 208 g/mol. The van der Waals surface area contributed by atoms with Crippen LogP contribution in [0.1, 0.15) is 13.8 Å². The molecule has 0 radical (unpaired) electrons. The van der Waals surface area contributed by atoms with Crippen molar-refractivity contribution in [2.75, 3.05) is 5.32 Å². The van der Waals surface area contributed by atoms with E-state index in [9.17, 15) is 0 Å². The quantitative estimate of drug-likeness (QED) is 0.730. The van der Waals surface area contributed by atoms with Crippen LogP contribution in [0, 0.1) is 0 Å². The minimum absolute atomic E-state index is 0.271. The van der Waals surface area contributed by atoms with Gasteiger partial charge in [0.1, 0.15) is 5.25 Å². The topological polar surface area (TPSA) is 33.6 Å². The van der Waals surface area contributed by atoms with Crippen molar-refractivity contribution in [1.82, 2.24) is 0 Å². The second-order valence-corrected chi connectivity index (χ2v) is 5.20. The molecule has 4 heteroatoms. The molecule has 0 fully saturated rings. The molecule has 0 bridgehead atoms. The van der Waals surface area contributed by atoms with Gasteiger partial charge in [-0.25, -0.2) is 0 Å². The Morgan fingerprint density at radius 2 is 2.27 bits per heavy atom. The molecule has 0 aliphatic carbocycles. The van der Waals surface area contributed by atoms with Gasteiger partial charge >= 0.3 is 0 Å². The molecule has 3 rings (SSSR count). The number of oxime groups is 1. The van der Waals surface area contributed by atoms with Crippen LogP contribution in [0.4, 0.5) is 5.69 Å². The van der Waals surface area contributed by atoms with Crippen LogP contribution in [-0.4, -0.2) is 16.7 Å². The van der Waals surface area contributed by atoms with Crippen molar-refractivity contribution < 1.29 is 4.84 Å². The summed E-state index contributed by atoms with van der Waals surface area (Å²) in [6, 6.07) is 8.27. The number of rotatable bonds is 0. The Morgan fingerprint density at radius 3 is 3.13 bits per heavy atom. The Bertz CT molecular complexity index is 446. The average molecular weight is 220 g/mol. The lowest BCUT2D eigenvalue weighted by Gasteiger charge is -2.35. The van der Waals surface area contributed by atoms with E-state index < -0.39 is 0 Å². The zero-order valence-electron chi connectivity index (χ0n) is 8.65. The summed E-state index contributed by atoms with van der Waals surface area (Å²) in [4.78, 5) is 6.73. The highest BCUT2D eigenvalue weighted by molar-refractivity contribution is 8.01. The van der Waals surface area contributed by atoms with Gasteiger partial charge in [0.15, 0.2) is 0 Å². The van der Waals surface area contributed by atoms with Crippen molar-refractivity contribution in [3.05, 3.63) is 24.3 Å². The lowest BCUT2D eigenvalue weighted by molar-refractivity contribution is 0.0221. The average Bonchev–Trinajstić information content (AvgIpc) is 2.52. The summed E-state index contributed by atoms with van der Waals surface area (Å²) >= 11 is 1.82. The Morgan fingerprint density at radius 1 is 1.47 bits per heavy atom. The largest absolute Gasteiger partial charge is 0.366 e. The van der Waals surface area contributed by atoms with Gasteiger partial charge in [-0.2, -0.15) is 0 Å². The van der Waals surface area contributed by atoms with Crippen LogP contribution in [-0.2, 0) is 4.84 Å². The second kappa shape index (κ2) is 2.92. The lowest BCUT2D eigenvalue weighted by Crippen LogP contribution is -2.47. The van der Waals surface area contributed by atoms with E-state index >= 15 is 0 Å². The highest BCUT2D eigenvalue weighted by Gasteiger charge is 2.47. The molecule has 1 aromatic rings. The van der Waals surface area contributed by atoms with Crippen LogP contribution in [0.15, 0.2) is 34.3 Å². The van der Waals surface area contributed by atoms with Crippen molar-refractivity contribution in [3.8, 4) is 0 Å². The normalized spacial score (nSPS) is 32.1. The maximum atomic E-state index is 5.47. The first kappa shape index (κ1) is 9.09. The summed E-state index contributed by atoms with van der Waals surface area (Å²) < 4.78 is 0. The molecule has 2 aliphatic heterocycles. The molecular formula is C11H12N2OS. The van der Waals surface area contributed by atoms with Gasteiger partial charge in [-0.3, -0.25) is 0 Å². The second-order valence-electron chi connectivity index (χ2n) is 4.05. The van der Waals surface area contributed by atoms with Gasteiger partial charge in [-0.05, 0) is 26.0 Å². The zero-order chi connectivity index (χ0) is 10.5. The van der Waals surface area contributed by atoms with Crippen LogP contribution < -0.4 is 5.32 Å². The van der Waals surface area contributed by atoms with Gasteiger partial charge in [0, 0.05) is 4.90 Å². The number of anilines is 1. The SMILES string of the molecule is CC1=NO[C@]2(C)Nc3ccccc3S[C@@H]12. The minimum Gasteiger partial charge on any atom is -0.366 e. The molecule has 15 heavy (non-hydrogen) atoms. The fourth-order valence-corrected chi connectivity index (χ4v) is 3.21. The van der Waals surface area contributed by atoms with Gasteiger partial charge in [0.05, 0.1) is 11.4 Å². The molecule has 2 atom stereocenters. The summed E-state index contributed by atoms with van der Waals surface area (Å²) in [6.07, 6.45) is 0. The molecule has 0 saturated carbocycles. The van der Waals surface area contributed by atoms with Crippen molar-refractivity contribution in [1.29, 1.82) is 0 Å². The van der Waals surface area contributed by atoms with Crippen LogP contribution in [0.25, 0.3) is 0 Å². The van der Waals surface area contributed by atoms with E-state index in [2.05, 4.69) is 28.7 Å². The summed E-state index contributed by atoms with van der Waals surface area (Å²) in [5, 5.41) is 7.75. The summed E-state index contributed by atoms with van der Waals surface area (Å²) in [5.41, 5.74) is 1.79. The molecule has 1 N–H and O–H groups in total. The number of hydrogen-bond acceptors (Lipinski definition) is 4. The van der Waals surface area contributed by atoms with E-state index in [4.69, 9.17) is 4.84 Å². The standard InChI is InChI=1S/C11H12N2OS/c1-7-10-11(2,14-13-7)12-8-5-3-4-6-9(8)15-10/h3-6,10,12H,1-2H3/t10-,11-/m0/s1. The minimum atomic E-state index is -0.386.